The average molecular weight is 391 g/mol. The van der Waals surface area contributed by atoms with E-state index in [1.165, 1.54) is 6.21 Å². The smallest absolute Gasteiger partial charge is 0.277 e. The number of hydrogen-bond donors (Lipinski definition) is 1. The second kappa shape index (κ2) is 7.83. The molecule has 3 rings (SSSR count). The van der Waals surface area contributed by atoms with Crippen molar-refractivity contribution in [3.05, 3.63) is 52.5 Å². The highest BCUT2D eigenvalue weighted by Crippen LogP contribution is 2.30. The SMILES string of the molecule is O=C(COc1cccc(Br)c1)NN=Cc1ccc2c(c1)OCCO2. The van der Waals surface area contributed by atoms with Gasteiger partial charge in [-0.3, -0.25) is 4.79 Å². The zero-order valence-corrected chi connectivity index (χ0v) is 14.3. The van der Waals surface area contributed by atoms with E-state index in [-0.39, 0.29) is 12.5 Å². The Bertz CT molecular complexity index is 764. The molecule has 0 unspecified atom stereocenters. The van der Waals surface area contributed by atoms with Crippen LogP contribution in [0.5, 0.6) is 17.2 Å². The number of nitrogens with zero attached hydrogens (tertiary/aromatic N) is 1. The largest absolute Gasteiger partial charge is 0.486 e. The number of benzene rings is 2. The van der Waals surface area contributed by atoms with E-state index in [0.717, 1.165) is 10.0 Å². The van der Waals surface area contributed by atoms with E-state index in [0.29, 0.717) is 30.5 Å². The van der Waals surface area contributed by atoms with Crippen LogP contribution in [0.15, 0.2) is 52.0 Å². The number of carbonyl (C=O) groups excluding carboxylic acids is 1. The number of carbonyl (C=O) groups is 1. The van der Waals surface area contributed by atoms with Crippen LogP contribution in [0.4, 0.5) is 0 Å². The first-order valence-corrected chi connectivity index (χ1v) is 8.10. The molecule has 0 fully saturated rings. The lowest BCUT2D eigenvalue weighted by molar-refractivity contribution is -0.123. The van der Waals surface area contributed by atoms with Crippen LogP contribution in [0, 0.1) is 0 Å². The van der Waals surface area contributed by atoms with Crippen LogP contribution in [0.25, 0.3) is 0 Å². The topological polar surface area (TPSA) is 69.2 Å². The summed E-state index contributed by atoms with van der Waals surface area (Å²) in [4.78, 5) is 11.7. The first-order chi connectivity index (χ1) is 11.7. The maximum absolute atomic E-state index is 11.7. The fraction of sp³-hybridized carbons (Fsp3) is 0.176. The Labute approximate surface area is 147 Å². The van der Waals surface area contributed by atoms with Gasteiger partial charge in [-0.05, 0) is 42.0 Å². The van der Waals surface area contributed by atoms with Crippen LogP contribution in [0.2, 0.25) is 0 Å². The van der Waals surface area contributed by atoms with Gasteiger partial charge in [0, 0.05) is 4.47 Å². The molecule has 7 heteroatoms. The van der Waals surface area contributed by atoms with Crippen LogP contribution in [-0.4, -0.2) is 31.9 Å². The molecule has 0 bridgehead atoms. The van der Waals surface area contributed by atoms with Gasteiger partial charge in [0.1, 0.15) is 19.0 Å². The van der Waals surface area contributed by atoms with E-state index in [1.807, 2.05) is 30.3 Å². The third kappa shape index (κ3) is 4.48. The first-order valence-electron chi connectivity index (χ1n) is 7.30. The highest BCUT2D eigenvalue weighted by molar-refractivity contribution is 9.10. The number of ether oxygens (including phenoxy) is 3. The van der Waals surface area contributed by atoms with Gasteiger partial charge in [0.05, 0.1) is 6.21 Å². The number of rotatable bonds is 5. The molecular weight excluding hydrogens is 376 g/mol. The van der Waals surface area contributed by atoms with E-state index in [4.69, 9.17) is 14.2 Å². The lowest BCUT2D eigenvalue weighted by Crippen LogP contribution is -2.24. The van der Waals surface area contributed by atoms with Crippen LogP contribution < -0.4 is 19.6 Å². The van der Waals surface area contributed by atoms with E-state index < -0.39 is 0 Å². The van der Waals surface area contributed by atoms with Crippen molar-refractivity contribution >= 4 is 28.1 Å². The maximum Gasteiger partial charge on any atom is 0.277 e. The summed E-state index contributed by atoms with van der Waals surface area (Å²) in [6.45, 7) is 0.959. The maximum atomic E-state index is 11.7. The van der Waals surface area contributed by atoms with E-state index in [2.05, 4.69) is 26.5 Å². The highest BCUT2D eigenvalue weighted by atomic mass is 79.9. The minimum absolute atomic E-state index is 0.116. The number of halogens is 1. The minimum Gasteiger partial charge on any atom is -0.486 e. The summed E-state index contributed by atoms with van der Waals surface area (Å²) in [5.74, 6) is 1.65. The zero-order chi connectivity index (χ0) is 16.8. The van der Waals surface area contributed by atoms with Crippen molar-refractivity contribution in [1.29, 1.82) is 0 Å². The molecule has 2 aromatic carbocycles. The fourth-order valence-corrected chi connectivity index (χ4v) is 2.44. The van der Waals surface area contributed by atoms with Gasteiger partial charge in [-0.25, -0.2) is 5.43 Å². The molecule has 6 nitrogen and oxygen atoms in total. The average Bonchev–Trinajstić information content (AvgIpc) is 2.60. The van der Waals surface area contributed by atoms with E-state index >= 15 is 0 Å². The quantitative estimate of drug-likeness (QED) is 0.629. The summed E-state index contributed by atoms with van der Waals surface area (Å²) in [7, 11) is 0. The summed E-state index contributed by atoms with van der Waals surface area (Å²) < 4.78 is 17.2. The van der Waals surface area contributed by atoms with Gasteiger partial charge >= 0.3 is 0 Å². The molecule has 0 atom stereocenters. The lowest BCUT2D eigenvalue weighted by atomic mass is 10.2. The van der Waals surface area contributed by atoms with Crippen LogP contribution in [0.3, 0.4) is 0 Å². The molecule has 1 aliphatic heterocycles. The predicted molar refractivity (Wildman–Crippen MR) is 92.8 cm³/mol. The van der Waals surface area contributed by atoms with Gasteiger partial charge in [-0.1, -0.05) is 22.0 Å². The summed E-state index contributed by atoms with van der Waals surface area (Å²) in [6, 6.07) is 12.7. The molecule has 1 amide bonds. The standard InChI is InChI=1S/C17H15BrN2O4/c18-13-2-1-3-14(9-13)24-11-17(21)20-19-10-12-4-5-15-16(8-12)23-7-6-22-15/h1-5,8-10H,6-7,11H2,(H,20,21). The zero-order valence-electron chi connectivity index (χ0n) is 12.7. The molecule has 0 saturated heterocycles. The van der Waals surface area contributed by atoms with Gasteiger partial charge in [-0.2, -0.15) is 5.10 Å². The molecule has 0 spiro atoms. The molecule has 1 aliphatic rings. The summed E-state index contributed by atoms with van der Waals surface area (Å²) in [6.07, 6.45) is 1.54. The van der Waals surface area contributed by atoms with Crippen molar-refractivity contribution < 1.29 is 19.0 Å². The van der Waals surface area contributed by atoms with Crippen molar-refractivity contribution in [3.63, 3.8) is 0 Å². The second-order valence-corrected chi connectivity index (χ2v) is 5.86. The Balaban J connectivity index is 1.49. The number of nitrogens with one attached hydrogen (secondary N) is 1. The van der Waals surface area contributed by atoms with Gasteiger partial charge < -0.3 is 14.2 Å². The minimum atomic E-state index is -0.344. The molecule has 0 saturated carbocycles. The third-order valence-corrected chi connectivity index (χ3v) is 3.63. The van der Waals surface area contributed by atoms with Crippen molar-refractivity contribution in [1.82, 2.24) is 5.43 Å². The number of hydrazone groups is 1. The normalized spacial score (nSPS) is 12.9. The molecule has 2 aromatic rings. The highest BCUT2D eigenvalue weighted by Gasteiger charge is 2.10. The van der Waals surface area contributed by atoms with Gasteiger partial charge in [0.2, 0.25) is 0 Å². The van der Waals surface area contributed by atoms with Crippen molar-refractivity contribution in [2.24, 2.45) is 5.10 Å². The Kier molecular flexibility index (Phi) is 5.32. The van der Waals surface area contributed by atoms with Gasteiger partial charge in [0.15, 0.2) is 18.1 Å². The molecule has 0 aliphatic carbocycles. The molecule has 0 radical (unpaired) electrons. The third-order valence-electron chi connectivity index (χ3n) is 3.14. The first kappa shape index (κ1) is 16.3. The summed E-state index contributed by atoms with van der Waals surface area (Å²) >= 11 is 3.34. The van der Waals surface area contributed by atoms with Crippen LogP contribution in [0.1, 0.15) is 5.56 Å². The summed E-state index contributed by atoms with van der Waals surface area (Å²) in [5, 5.41) is 3.91. The Morgan fingerprint density at radius 3 is 2.88 bits per heavy atom. The van der Waals surface area contributed by atoms with Crippen molar-refractivity contribution in [2.75, 3.05) is 19.8 Å². The second-order valence-electron chi connectivity index (χ2n) is 4.94. The monoisotopic (exact) mass is 390 g/mol. The molecular formula is C17H15BrN2O4. The van der Waals surface area contributed by atoms with E-state index in [1.54, 1.807) is 12.1 Å². The van der Waals surface area contributed by atoms with Gasteiger partial charge in [-0.15, -0.1) is 0 Å². The van der Waals surface area contributed by atoms with E-state index in [9.17, 15) is 4.79 Å². The summed E-state index contributed by atoms with van der Waals surface area (Å²) in [5.41, 5.74) is 3.22. The lowest BCUT2D eigenvalue weighted by Gasteiger charge is -2.18. The van der Waals surface area contributed by atoms with Crippen LogP contribution in [-0.2, 0) is 4.79 Å². The number of amides is 1. The van der Waals surface area contributed by atoms with Crippen LogP contribution >= 0.6 is 15.9 Å². The Morgan fingerprint density at radius 2 is 2.04 bits per heavy atom. The van der Waals surface area contributed by atoms with Crippen molar-refractivity contribution in [3.8, 4) is 17.2 Å². The fourth-order valence-electron chi connectivity index (χ4n) is 2.06. The Hall–Kier alpha value is -2.54. The molecule has 24 heavy (non-hydrogen) atoms. The molecule has 0 aromatic heterocycles. The molecule has 1 heterocycles. The predicted octanol–water partition coefficient (Wildman–Crippen LogP) is 2.75. The number of fused-ring (bicyclic) bond motifs is 1. The van der Waals surface area contributed by atoms with Gasteiger partial charge in [0.25, 0.3) is 5.91 Å². The Morgan fingerprint density at radius 1 is 1.21 bits per heavy atom. The molecule has 1 N–H and O–H groups in total. The number of hydrogen-bond acceptors (Lipinski definition) is 5. The molecule has 124 valence electrons. The van der Waals surface area contributed by atoms with Crippen molar-refractivity contribution in [2.45, 2.75) is 0 Å².